The van der Waals surface area contributed by atoms with Crippen LogP contribution in [-0.2, 0) is 6.54 Å². The van der Waals surface area contributed by atoms with E-state index in [0.29, 0.717) is 12.0 Å². The molecule has 2 atom stereocenters. The molecule has 1 aromatic heterocycles. The van der Waals surface area contributed by atoms with E-state index < -0.39 is 0 Å². The minimum absolute atomic E-state index is 0. The third kappa shape index (κ3) is 2.99. The third-order valence-corrected chi connectivity index (χ3v) is 4.49. The van der Waals surface area contributed by atoms with E-state index in [-0.39, 0.29) is 18.4 Å². The first-order valence-electron chi connectivity index (χ1n) is 7.61. The maximum absolute atomic E-state index is 6.34. The molecular formula is C15H21ClN6. The molecule has 22 heavy (non-hydrogen) atoms. The SMILES string of the molecule is Cl.N[C@@H]1CN(Cc2nnnn2C2CC2)C[C@H]1c1ccccc1. The van der Waals surface area contributed by atoms with Crippen molar-refractivity contribution in [3.63, 3.8) is 0 Å². The fraction of sp³-hybridized carbons (Fsp3) is 0.533. The number of tetrazole rings is 1. The molecule has 1 saturated carbocycles. The number of rotatable bonds is 4. The molecule has 1 aromatic carbocycles. The highest BCUT2D eigenvalue weighted by Crippen LogP contribution is 2.35. The maximum atomic E-state index is 6.34. The van der Waals surface area contributed by atoms with Crippen molar-refractivity contribution in [2.75, 3.05) is 13.1 Å². The second-order valence-corrected chi connectivity index (χ2v) is 6.15. The molecule has 6 nitrogen and oxygen atoms in total. The zero-order chi connectivity index (χ0) is 14.2. The van der Waals surface area contributed by atoms with Crippen LogP contribution in [0.5, 0.6) is 0 Å². The molecule has 2 aromatic rings. The molecular weight excluding hydrogens is 300 g/mol. The molecule has 118 valence electrons. The molecule has 1 aliphatic carbocycles. The van der Waals surface area contributed by atoms with Crippen molar-refractivity contribution < 1.29 is 0 Å². The van der Waals surface area contributed by atoms with Gasteiger partial charge in [-0.25, -0.2) is 4.68 Å². The molecule has 0 amide bonds. The van der Waals surface area contributed by atoms with Crippen LogP contribution in [0, 0.1) is 0 Å². The van der Waals surface area contributed by atoms with Gasteiger partial charge in [0.1, 0.15) is 0 Å². The van der Waals surface area contributed by atoms with Crippen LogP contribution in [-0.4, -0.2) is 44.2 Å². The van der Waals surface area contributed by atoms with E-state index in [1.807, 2.05) is 10.7 Å². The van der Waals surface area contributed by atoms with E-state index in [9.17, 15) is 0 Å². The van der Waals surface area contributed by atoms with Crippen LogP contribution in [0.4, 0.5) is 0 Å². The summed E-state index contributed by atoms with van der Waals surface area (Å²) < 4.78 is 1.99. The van der Waals surface area contributed by atoms with Crippen LogP contribution in [0.1, 0.15) is 36.2 Å². The Kier molecular flexibility index (Phi) is 4.42. The van der Waals surface area contributed by atoms with Crippen molar-refractivity contribution in [2.45, 2.75) is 37.4 Å². The molecule has 0 spiro atoms. The summed E-state index contributed by atoms with van der Waals surface area (Å²) >= 11 is 0. The summed E-state index contributed by atoms with van der Waals surface area (Å²) in [5, 5.41) is 12.1. The van der Waals surface area contributed by atoms with Crippen molar-refractivity contribution in [1.29, 1.82) is 0 Å². The summed E-state index contributed by atoms with van der Waals surface area (Å²) in [5.41, 5.74) is 7.67. The molecule has 0 unspecified atom stereocenters. The molecule has 0 radical (unpaired) electrons. The summed E-state index contributed by atoms with van der Waals surface area (Å²) in [5.74, 6) is 1.37. The Morgan fingerprint density at radius 2 is 1.91 bits per heavy atom. The summed E-state index contributed by atoms with van der Waals surface area (Å²) in [6.45, 7) is 2.67. The lowest BCUT2D eigenvalue weighted by atomic mass is 9.95. The van der Waals surface area contributed by atoms with Crippen LogP contribution >= 0.6 is 12.4 Å². The standard InChI is InChI=1S/C15H20N6.ClH/c16-14-9-20(8-13(14)11-4-2-1-3-5-11)10-15-17-18-19-21(15)12-6-7-12;/h1-5,12-14H,6-10,16H2;1H/t13-,14+;/m0./s1. The Morgan fingerprint density at radius 1 is 1.14 bits per heavy atom. The maximum Gasteiger partial charge on any atom is 0.165 e. The van der Waals surface area contributed by atoms with Crippen LogP contribution in [0.25, 0.3) is 0 Å². The lowest BCUT2D eigenvalue weighted by Crippen LogP contribution is -2.29. The number of nitrogens with two attached hydrogens (primary N) is 1. The number of nitrogens with zero attached hydrogens (tertiary/aromatic N) is 5. The zero-order valence-electron chi connectivity index (χ0n) is 12.4. The highest BCUT2D eigenvalue weighted by Gasteiger charge is 2.33. The van der Waals surface area contributed by atoms with Gasteiger partial charge in [0.25, 0.3) is 0 Å². The average molecular weight is 321 g/mol. The Bertz CT molecular complexity index is 612. The van der Waals surface area contributed by atoms with Gasteiger partial charge in [-0.15, -0.1) is 17.5 Å². The van der Waals surface area contributed by atoms with Crippen molar-refractivity contribution in [3.8, 4) is 0 Å². The number of hydrogen-bond donors (Lipinski definition) is 1. The molecule has 2 heterocycles. The van der Waals surface area contributed by atoms with Crippen molar-refractivity contribution in [3.05, 3.63) is 41.7 Å². The number of halogens is 1. The first-order chi connectivity index (χ1) is 10.3. The van der Waals surface area contributed by atoms with E-state index in [2.05, 4.69) is 44.7 Å². The fourth-order valence-corrected chi connectivity index (χ4v) is 3.21. The summed E-state index contributed by atoms with van der Waals surface area (Å²) in [6, 6.07) is 11.3. The minimum Gasteiger partial charge on any atom is -0.326 e. The van der Waals surface area contributed by atoms with Crippen molar-refractivity contribution >= 4 is 12.4 Å². The van der Waals surface area contributed by atoms with Crippen LogP contribution in [0.15, 0.2) is 30.3 Å². The van der Waals surface area contributed by atoms with Crippen LogP contribution in [0.3, 0.4) is 0 Å². The molecule has 2 aliphatic rings. The van der Waals surface area contributed by atoms with Gasteiger partial charge in [-0.3, -0.25) is 4.90 Å². The summed E-state index contributed by atoms with van der Waals surface area (Å²) in [6.07, 6.45) is 2.40. The second-order valence-electron chi connectivity index (χ2n) is 6.15. The average Bonchev–Trinajstić information content (AvgIpc) is 3.14. The van der Waals surface area contributed by atoms with E-state index in [1.54, 1.807) is 0 Å². The van der Waals surface area contributed by atoms with E-state index in [0.717, 1.165) is 25.5 Å². The quantitative estimate of drug-likeness (QED) is 0.920. The topological polar surface area (TPSA) is 72.9 Å². The normalized spacial score (nSPS) is 25.1. The van der Waals surface area contributed by atoms with Gasteiger partial charge in [-0.2, -0.15) is 0 Å². The van der Waals surface area contributed by atoms with E-state index >= 15 is 0 Å². The predicted octanol–water partition coefficient (Wildman–Crippen LogP) is 1.36. The Hall–Kier alpha value is -1.50. The second kappa shape index (κ2) is 6.32. The van der Waals surface area contributed by atoms with Crippen LogP contribution < -0.4 is 5.73 Å². The molecule has 1 aliphatic heterocycles. The van der Waals surface area contributed by atoms with E-state index in [4.69, 9.17) is 5.73 Å². The minimum atomic E-state index is 0. The van der Waals surface area contributed by atoms with Crippen molar-refractivity contribution in [2.24, 2.45) is 5.73 Å². The zero-order valence-corrected chi connectivity index (χ0v) is 13.2. The molecule has 2 N–H and O–H groups in total. The lowest BCUT2D eigenvalue weighted by Gasteiger charge is -2.15. The summed E-state index contributed by atoms with van der Waals surface area (Å²) in [4.78, 5) is 2.37. The van der Waals surface area contributed by atoms with Gasteiger partial charge in [0.05, 0.1) is 12.6 Å². The fourth-order valence-electron chi connectivity index (χ4n) is 3.21. The summed E-state index contributed by atoms with van der Waals surface area (Å²) in [7, 11) is 0. The van der Waals surface area contributed by atoms with Gasteiger partial charge in [0.15, 0.2) is 5.82 Å². The number of benzene rings is 1. The van der Waals surface area contributed by atoms with Gasteiger partial charge in [-0.05, 0) is 28.8 Å². The lowest BCUT2D eigenvalue weighted by molar-refractivity contribution is 0.306. The van der Waals surface area contributed by atoms with Gasteiger partial charge < -0.3 is 5.73 Å². The number of aromatic nitrogens is 4. The smallest absolute Gasteiger partial charge is 0.165 e. The molecule has 7 heteroatoms. The van der Waals surface area contributed by atoms with Gasteiger partial charge >= 0.3 is 0 Å². The van der Waals surface area contributed by atoms with Crippen molar-refractivity contribution in [1.82, 2.24) is 25.1 Å². The molecule has 1 saturated heterocycles. The monoisotopic (exact) mass is 320 g/mol. The Labute approximate surface area is 136 Å². The molecule has 4 rings (SSSR count). The first-order valence-corrected chi connectivity index (χ1v) is 7.61. The first kappa shape index (κ1) is 15.4. The van der Waals surface area contributed by atoms with Gasteiger partial charge in [-0.1, -0.05) is 30.3 Å². The van der Waals surface area contributed by atoms with Gasteiger partial charge in [0, 0.05) is 25.0 Å². The molecule has 2 fully saturated rings. The number of likely N-dealkylation sites (tertiary alicyclic amines) is 1. The number of hydrogen-bond acceptors (Lipinski definition) is 5. The Morgan fingerprint density at radius 3 is 2.64 bits per heavy atom. The van der Waals surface area contributed by atoms with Gasteiger partial charge in [0.2, 0.25) is 0 Å². The molecule has 0 bridgehead atoms. The highest BCUT2D eigenvalue weighted by atomic mass is 35.5. The van der Waals surface area contributed by atoms with E-state index in [1.165, 1.54) is 18.4 Å². The predicted molar refractivity (Wildman–Crippen MR) is 85.8 cm³/mol. The Balaban J connectivity index is 0.00000144. The highest BCUT2D eigenvalue weighted by molar-refractivity contribution is 5.85. The van der Waals surface area contributed by atoms with Crippen LogP contribution in [0.2, 0.25) is 0 Å². The third-order valence-electron chi connectivity index (χ3n) is 4.49. The largest absolute Gasteiger partial charge is 0.326 e.